The van der Waals surface area contributed by atoms with Gasteiger partial charge in [-0.25, -0.2) is 0 Å². The molecule has 0 saturated heterocycles. The fraction of sp³-hybridized carbons (Fsp3) is 0.579. The van der Waals surface area contributed by atoms with Crippen LogP contribution in [-0.2, 0) is 15.0 Å². The van der Waals surface area contributed by atoms with Crippen LogP contribution < -0.4 is 20.1 Å². The largest absolute Gasteiger partial charge is 0.586 e. The van der Waals surface area contributed by atoms with Crippen LogP contribution in [0.5, 0.6) is 11.5 Å². The summed E-state index contributed by atoms with van der Waals surface area (Å²) in [5.41, 5.74) is -0.285. The third-order valence-electron chi connectivity index (χ3n) is 4.21. The molecule has 0 unspecified atom stereocenters. The molecule has 0 radical (unpaired) electrons. The second-order valence-electron chi connectivity index (χ2n) is 7.11. The number of alkyl halides is 2. The summed E-state index contributed by atoms with van der Waals surface area (Å²) in [7, 11) is 0. The molecule has 2 aliphatic rings. The normalized spacial score (nSPS) is 17.2. The van der Waals surface area contributed by atoms with Crippen LogP contribution in [0.25, 0.3) is 0 Å². The summed E-state index contributed by atoms with van der Waals surface area (Å²) in [5.74, 6) is -0.880. The van der Waals surface area contributed by atoms with Crippen molar-refractivity contribution in [1.29, 1.82) is 0 Å². The molecule has 0 spiro atoms. The van der Waals surface area contributed by atoms with Gasteiger partial charge in [-0.15, -0.1) is 8.78 Å². The number of benzene rings is 1. The minimum Gasteiger partial charge on any atom is -0.396 e. The second kappa shape index (κ2) is 9.62. The topological polar surface area (TPSA) is 96.9 Å². The number of carbonyl (C=O) groups excluding carboxylic acids is 2. The zero-order valence-corrected chi connectivity index (χ0v) is 17.2. The summed E-state index contributed by atoms with van der Waals surface area (Å²) in [4.78, 5) is 24.0. The van der Waals surface area contributed by atoms with E-state index in [4.69, 9.17) is 5.11 Å². The predicted octanol–water partition coefficient (Wildman–Crippen LogP) is 1.98. The molecule has 1 aliphatic heterocycles. The minimum atomic E-state index is -3.70. The Kier molecular flexibility index (Phi) is 7.70. The Morgan fingerprint density at radius 2 is 1.83 bits per heavy atom. The maximum absolute atomic E-state index is 13.1. The van der Waals surface area contributed by atoms with Gasteiger partial charge in [0.1, 0.15) is 0 Å². The Balaban J connectivity index is 0.000000687. The average Bonchev–Trinajstić information content (AvgIpc) is 3.36. The van der Waals surface area contributed by atoms with Crippen molar-refractivity contribution >= 4 is 24.4 Å². The second-order valence-corrected chi connectivity index (χ2v) is 8.15. The Bertz CT molecular complexity index is 739. The number of aliphatic hydroxyl groups excluding tert-OH is 1. The van der Waals surface area contributed by atoms with E-state index in [9.17, 15) is 18.4 Å². The van der Waals surface area contributed by atoms with E-state index in [0.717, 1.165) is 0 Å². The highest BCUT2D eigenvalue weighted by Crippen LogP contribution is 2.51. The number of fused-ring (bicyclic) bond motifs is 1. The van der Waals surface area contributed by atoms with Crippen LogP contribution in [0.1, 0.15) is 38.7 Å². The van der Waals surface area contributed by atoms with Crippen molar-refractivity contribution in [1.82, 2.24) is 10.6 Å². The monoisotopic (exact) mass is 432 g/mol. The summed E-state index contributed by atoms with van der Waals surface area (Å²) in [6, 6.07) is 4.28. The van der Waals surface area contributed by atoms with Gasteiger partial charge in [0.2, 0.25) is 11.8 Å². The molecule has 162 valence electrons. The zero-order chi connectivity index (χ0) is 21.7. The number of thiol groups is 1. The summed E-state index contributed by atoms with van der Waals surface area (Å²) in [6.45, 7) is 4.17. The Hall–Kier alpha value is -2.07. The molecule has 1 aromatic rings. The van der Waals surface area contributed by atoms with E-state index in [1.165, 1.54) is 12.1 Å². The van der Waals surface area contributed by atoms with Gasteiger partial charge in [0.15, 0.2) is 11.5 Å². The van der Waals surface area contributed by atoms with Gasteiger partial charge in [0.05, 0.1) is 12.0 Å². The van der Waals surface area contributed by atoms with Crippen molar-refractivity contribution in [2.45, 2.75) is 50.1 Å². The average molecular weight is 432 g/mol. The maximum Gasteiger partial charge on any atom is 0.586 e. The van der Waals surface area contributed by atoms with Crippen molar-refractivity contribution < 1.29 is 33.0 Å². The molecule has 0 aromatic heterocycles. The SMILES string of the molecule is CC(C)S.O=C(CNC(=O)C1(c2ccc3c(c2)OC(F)(F)O3)CC1)NCCCO. The highest BCUT2D eigenvalue weighted by Gasteiger charge is 2.52. The quantitative estimate of drug-likeness (QED) is 0.390. The Morgan fingerprint density at radius 1 is 1.21 bits per heavy atom. The lowest BCUT2D eigenvalue weighted by atomic mass is 9.94. The van der Waals surface area contributed by atoms with Gasteiger partial charge in [0.25, 0.3) is 0 Å². The number of nitrogens with one attached hydrogen (secondary N) is 2. The van der Waals surface area contributed by atoms with Crippen molar-refractivity contribution in [3.05, 3.63) is 23.8 Å². The van der Waals surface area contributed by atoms with Crippen molar-refractivity contribution in [3.8, 4) is 11.5 Å². The predicted molar refractivity (Wildman–Crippen MR) is 105 cm³/mol. The number of halogens is 2. The lowest BCUT2D eigenvalue weighted by Gasteiger charge is -2.16. The molecule has 7 nitrogen and oxygen atoms in total. The number of ether oxygens (including phenoxy) is 2. The third-order valence-corrected chi connectivity index (χ3v) is 4.21. The smallest absolute Gasteiger partial charge is 0.396 e. The number of hydrogen-bond donors (Lipinski definition) is 4. The molecule has 3 rings (SSSR count). The van der Waals surface area contributed by atoms with Crippen molar-refractivity contribution in [3.63, 3.8) is 0 Å². The number of rotatable bonds is 7. The van der Waals surface area contributed by atoms with E-state index < -0.39 is 11.7 Å². The molecule has 29 heavy (non-hydrogen) atoms. The molecular formula is C19H26F2N2O5S. The molecule has 1 aliphatic carbocycles. The summed E-state index contributed by atoms with van der Waals surface area (Å²) < 4.78 is 34.9. The van der Waals surface area contributed by atoms with E-state index in [0.29, 0.717) is 36.6 Å². The molecule has 3 N–H and O–H groups in total. The van der Waals surface area contributed by atoms with Gasteiger partial charge in [-0.1, -0.05) is 19.9 Å². The van der Waals surface area contributed by atoms with Crippen LogP contribution in [0.3, 0.4) is 0 Å². The van der Waals surface area contributed by atoms with Crippen molar-refractivity contribution in [2.75, 3.05) is 19.7 Å². The Morgan fingerprint density at radius 3 is 2.41 bits per heavy atom. The number of hydrogen-bond acceptors (Lipinski definition) is 6. The molecular weight excluding hydrogens is 406 g/mol. The Labute approximate surface area is 173 Å². The molecule has 1 fully saturated rings. The number of carbonyl (C=O) groups is 2. The van der Waals surface area contributed by atoms with Gasteiger partial charge in [-0.3, -0.25) is 9.59 Å². The van der Waals surface area contributed by atoms with Gasteiger partial charge in [0, 0.05) is 13.2 Å². The fourth-order valence-electron chi connectivity index (χ4n) is 2.72. The van der Waals surface area contributed by atoms with E-state index in [1.807, 2.05) is 13.8 Å². The molecule has 2 amide bonds. The van der Waals surface area contributed by atoms with Crippen LogP contribution in [0, 0.1) is 0 Å². The van der Waals surface area contributed by atoms with Gasteiger partial charge in [-0.05, 0) is 42.2 Å². The van der Waals surface area contributed by atoms with E-state index in [-0.39, 0.29) is 36.5 Å². The first-order chi connectivity index (χ1) is 13.6. The fourth-order valence-corrected chi connectivity index (χ4v) is 2.72. The maximum atomic E-state index is 13.1. The molecule has 0 bridgehead atoms. The summed E-state index contributed by atoms with van der Waals surface area (Å²) >= 11 is 3.97. The van der Waals surface area contributed by atoms with Crippen LogP contribution in [-0.4, -0.2) is 48.2 Å². The molecule has 1 aromatic carbocycles. The molecule has 10 heteroatoms. The molecule has 0 atom stereocenters. The third kappa shape index (κ3) is 6.46. The summed E-state index contributed by atoms with van der Waals surface area (Å²) in [6.07, 6.45) is -2.15. The van der Waals surface area contributed by atoms with E-state index in [2.05, 4.69) is 32.7 Å². The highest BCUT2D eigenvalue weighted by atomic mass is 32.1. The number of amides is 2. The number of aliphatic hydroxyl groups is 1. The van der Waals surface area contributed by atoms with Crippen LogP contribution in [0.4, 0.5) is 8.78 Å². The van der Waals surface area contributed by atoms with Gasteiger partial charge < -0.3 is 25.2 Å². The first-order valence-corrected chi connectivity index (χ1v) is 9.85. The first kappa shape index (κ1) is 23.2. The van der Waals surface area contributed by atoms with Crippen LogP contribution in [0.2, 0.25) is 0 Å². The zero-order valence-electron chi connectivity index (χ0n) is 16.3. The van der Waals surface area contributed by atoms with Gasteiger partial charge in [-0.2, -0.15) is 12.6 Å². The van der Waals surface area contributed by atoms with Crippen LogP contribution >= 0.6 is 12.6 Å². The van der Waals surface area contributed by atoms with Crippen LogP contribution in [0.15, 0.2) is 18.2 Å². The highest BCUT2D eigenvalue weighted by molar-refractivity contribution is 7.80. The van der Waals surface area contributed by atoms with Crippen molar-refractivity contribution in [2.24, 2.45) is 0 Å². The summed E-state index contributed by atoms with van der Waals surface area (Å²) in [5, 5.41) is 14.3. The van der Waals surface area contributed by atoms with E-state index >= 15 is 0 Å². The van der Waals surface area contributed by atoms with Gasteiger partial charge >= 0.3 is 6.29 Å². The molecule has 1 saturated carbocycles. The standard InChI is InChI=1S/C16H18F2N2O5.C3H8S/c17-16(18)24-11-3-2-10(8-12(11)25-16)15(4-5-15)14(23)20-9-13(22)19-6-1-7-21;1-3(2)4/h2-3,8,21H,1,4-7,9H2,(H,19,22)(H,20,23);3-4H,1-2H3. The lowest BCUT2D eigenvalue weighted by molar-refractivity contribution is -0.286. The first-order valence-electron chi connectivity index (χ1n) is 9.34. The lowest BCUT2D eigenvalue weighted by Crippen LogP contribution is -2.41. The minimum absolute atomic E-state index is 0.0289. The van der Waals surface area contributed by atoms with E-state index in [1.54, 1.807) is 6.07 Å². The molecule has 1 heterocycles.